The molecule has 170 valence electrons. The van der Waals surface area contributed by atoms with Gasteiger partial charge in [-0.05, 0) is 67.8 Å². The Bertz CT molecular complexity index is 689. The summed E-state index contributed by atoms with van der Waals surface area (Å²) in [4.78, 5) is 16.4. The molecule has 4 aliphatic rings. The van der Waals surface area contributed by atoms with E-state index in [0.717, 1.165) is 19.0 Å². The maximum atomic E-state index is 13.7. The summed E-state index contributed by atoms with van der Waals surface area (Å²) in [6, 6.07) is 11.3. The van der Waals surface area contributed by atoms with E-state index in [9.17, 15) is 4.79 Å². The second-order valence-corrected chi connectivity index (χ2v) is 11.1. The van der Waals surface area contributed by atoms with Crippen LogP contribution in [-0.4, -0.2) is 29.9 Å². The van der Waals surface area contributed by atoms with Gasteiger partial charge in [0.2, 0.25) is 5.91 Å². The van der Waals surface area contributed by atoms with Gasteiger partial charge < -0.3 is 5.32 Å². The monoisotopic (exact) mass is 422 g/mol. The fourth-order valence-electron chi connectivity index (χ4n) is 7.59. The highest BCUT2D eigenvalue weighted by atomic mass is 16.2. The molecule has 1 aromatic rings. The maximum Gasteiger partial charge on any atom is 0.223 e. The van der Waals surface area contributed by atoms with Gasteiger partial charge in [-0.25, -0.2) is 0 Å². The quantitative estimate of drug-likeness (QED) is 0.629. The van der Waals surface area contributed by atoms with E-state index in [-0.39, 0.29) is 0 Å². The lowest BCUT2D eigenvalue weighted by Crippen LogP contribution is -2.47. The second-order valence-electron chi connectivity index (χ2n) is 11.1. The molecule has 3 aliphatic carbocycles. The van der Waals surface area contributed by atoms with Crippen LogP contribution in [-0.2, 0) is 11.3 Å². The first-order valence-corrected chi connectivity index (χ1v) is 13.3. The molecule has 0 spiro atoms. The van der Waals surface area contributed by atoms with E-state index in [1.54, 1.807) is 0 Å². The van der Waals surface area contributed by atoms with E-state index in [1.165, 1.54) is 89.2 Å². The number of rotatable bonds is 6. The van der Waals surface area contributed by atoms with Crippen LogP contribution in [0.25, 0.3) is 0 Å². The first-order chi connectivity index (χ1) is 15.3. The number of amides is 1. The summed E-state index contributed by atoms with van der Waals surface area (Å²) in [5, 5.41) is 3.66. The highest BCUT2D eigenvalue weighted by Crippen LogP contribution is 2.42. The number of hydrogen-bond acceptors (Lipinski definition) is 2. The van der Waals surface area contributed by atoms with E-state index >= 15 is 0 Å². The number of likely N-dealkylation sites (tertiary alicyclic amines) is 1. The van der Waals surface area contributed by atoms with Gasteiger partial charge in [0.05, 0.1) is 0 Å². The average molecular weight is 423 g/mol. The minimum Gasteiger partial charge on any atom is -0.353 e. The standard InChI is InChI=1S/C28H42N2O/c31-28(27(22-12-6-2-7-13-22)23-14-8-3-9-15-23)29-26-17-16-24-19-30(20-25(24)26)18-21-10-4-1-5-11-21/h1,4-5,10-11,22-27H,2-3,6-9,12-20H2,(H,29,31)/t24-,25+,26+/m0/s1. The van der Waals surface area contributed by atoms with E-state index in [2.05, 4.69) is 40.5 Å². The normalized spacial score (nSPS) is 30.5. The van der Waals surface area contributed by atoms with Gasteiger partial charge in [0, 0.05) is 31.6 Å². The Balaban J connectivity index is 1.22. The number of hydrogen-bond donors (Lipinski definition) is 1. The maximum absolute atomic E-state index is 13.7. The molecular formula is C28H42N2O. The summed E-state index contributed by atoms with van der Waals surface area (Å²) in [5.41, 5.74) is 1.41. The van der Waals surface area contributed by atoms with Gasteiger partial charge in [-0.3, -0.25) is 9.69 Å². The lowest BCUT2D eigenvalue weighted by Gasteiger charge is -2.37. The first kappa shape index (κ1) is 21.5. The second kappa shape index (κ2) is 10.1. The topological polar surface area (TPSA) is 32.3 Å². The zero-order valence-electron chi connectivity index (χ0n) is 19.3. The predicted octanol–water partition coefficient (Wildman–Crippen LogP) is 5.79. The molecule has 3 heteroatoms. The van der Waals surface area contributed by atoms with Crippen LogP contribution in [0.1, 0.15) is 82.6 Å². The highest BCUT2D eigenvalue weighted by Gasteiger charge is 2.44. The molecule has 0 unspecified atom stereocenters. The molecule has 3 nitrogen and oxygen atoms in total. The van der Waals surface area contributed by atoms with Gasteiger partial charge >= 0.3 is 0 Å². The van der Waals surface area contributed by atoms with Crippen molar-refractivity contribution >= 4 is 5.91 Å². The lowest BCUT2D eigenvalue weighted by atomic mass is 9.69. The molecule has 3 saturated carbocycles. The number of nitrogens with one attached hydrogen (secondary N) is 1. The molecule has 1 saturated heterocycles. The lowest BCUT2D eigenvalue weighted by molar-refractivity contribution is -0.131. The molecule has 0 radical (unpaired) electrons. The molecule has 4 fully saturated rings. The number of carbonyl (C=O) groups excluding carboxylic acids is 1. The van der Waals surface area contributed by atoms with E-state index in [1.807, 2.05) is 0 Å². The van der Waals surface area contributed by atoms with E-state index in [0.29, 0.717) is 35.6 Å². The summed E-state index contributed by atoms with van der Waals surface area (Å²) >= 11 is 0. The molecule has 31 heavy (non-hydrogen) atoms. The number of fused-ring (bicyclic) bond motifs is 1. The average Bonchev–Trinajstić information content (AvgIpc) is 3.37. The molecule has 5 rings (SSSR count). The van der Waals surface area contributed by atoms with Crippen LogP contribution in [0.5, 0.6) is 0 Å². The van der Waals surface area contributed by atoms with Crippen LogP contribution < -0.4 is 5.32 Å². The van der Waals surface area contributed by atoms with E-state index < -0.39 is 0 Å². The van der Waals surface area contributed by atoms with Crippen LogP contribution in [0.15, 0.2) is 30.3 Å². The van der Waals surface area contributed by atoms with Gasteiger partial charge in [0.1, 0.15) is 0 Å². The molecule has 1 N–H and O–H groups in total. The minimum atomic E-state index is 0.293. The minimum absolute atomic E-state index is 0.293. The fraction of sp³-hybridized carbons (Fsp3) is 0.750. The Morgan fingerprint density at radius 1 is 0.839 bits per heavy atom. The third kappa shape index (κ3) is 5.02. The molecule has 1 amide bonds. The fourth-order valence-corrected chi connectivity index (χ4v) is 7.59. The zero-order chi connectivity index (χ0) is 21.0. The zero-order valence-corrected chi connectivity index (χ0v) is 19.3. The summed E-state index contributed by atoms with van der Waals surface area (Å²) in [5.74, 6) is 3.45. The van der Waals surface area contributed by atoms with Crippen molar-refractivity contribution in [3.63, 3.8) is 0 Å². The molecule has 0 aromatic heterocycles. The van der Waals surface area contributed by atoms with Crippen molar-refractivity contribution in [2.75, 3.05) is 13.1 Å². The summed E-state index contributed by atoms with van der Waals surface area (Å²) in [6.07, 6.45) is 15.7. The molecule has 1 aromatic carbocycles. The van der Waals surface area contributed by atoms with Crippen molar-refractivity contribution < 1.29 is 4.79 Å². The SMILES string of the molecule is O=C(N[C@@H]1CC[C@H]2CN(Cc3ccccc3)C[C@H]21)C(C1CCCCC1)C1CCCCC1. The summed E-state index contributed by atoms with van der Waals surface area (Å²) in [7, 11) is 0. The third-order valence-electron chi connectivity index (χ3n) is 9.13. The molecule has 0 bridgehead atoms. The smallest absolute Gasteiger partial charge is 0.223 e. The number of carbonyl (C=O) groups is 1. The largest absolute Gasteiger partial charge is 0.353 e. The van der Waals surface area contributed by atoms with Crippen LogP contribution in [0.4, 0.5) is 0 Å². The Morgan fingerprint density at radius 2 is 1.48 bits per heavy atom. The first-order valence-electron chi connectivity index (χ1n) is 13.3. The Labute approximate surface area is 189 Å². The number of benzene rings is 1. The van der Waals surface area contributed by atoms with Crippen LogP contribution in [0.2, 0.25) is 0 Å². The molecule has 3 atom stereocenters. The van der Waals surface area contributed by atoms with Crippen LogP contribution in [0.3, 0.4) is 0 Å². The van der Waals surface area contributed by atoms with Crippen LogP contribution in [0, 0.1) is 29.6 Å². The predicted molar refractivity (Wildman–Crippen MR) is 127 cm³/mol. The van der Waals surface area contributed by atoms with Crippen molar-refractivity contribution in [3.8, 4) is 0 Å². The summed E-state index contributed by atoms with van der Waals surface area (Å²) in [6.45, 7) is 3.42. The molecular weight excluding hydrogens is 380 g/mol. The molecule has 1 heterocycles. The molecule has 1 aliphatic heterocycles. The van der Waals surface area contributed by atoms with Gasteiger partial charge in [0.15, 0.2) is 0 Å². The Kier molecular flexibility index (Phi) is 6.98. The summed E-state index contributed by atoms with van der Waals surface area (Å²) < 4.78 is 0. The Hall–Kier alpha value is -1.35. The van der Waals surface area contributed by atoms with Gasteiger partial charge in [0.25, 0.3) is 0 Å². The van der Waals surface area contributed by atoms with Crippen molar-refractivity contribution in [1.29, 1.82) is 0 Å². The van der Waals surface area contributed by atoms with Gasteiger partial charge in [-0.1, -0.05) is 68.9 Å². The van der Waals surface area contributed by atoms with Crippen LogP contribution >= 0.6 is 0 Å². The van der Waals surface area contributed by atoms with Crippen molar-refractivity contribution in [1.82, 2.24) is 10.2 Å². The van der Waals surface area contributed by atoms with Crippen molar-refractivity contribution in [3.05, 3.63) is 35.9 Å². The third-order valence-corrected chi connectivity index (χ3v) is 9.13. The highest BCUT2D eigenvalue weighted by molar-refractivity contribution is 5.79. The van der Waals surface area contributed by atoms with E-state index in [4.69, 9.17) is 0 Å². The number of nitrogens with zero attached hydrogens (tertiary/aromatic N) is 1. The van der Waals surface area contributed by atoms with Gasteiger partial charge in [-0.2, -0.15) is 0 Å². The Morgan fingerprint density at radius 3 is 2.13 bits per heavy atom. The van der Waals surface area contributed by atoms with Crippen molar-refractivity contribution in [2.45, 2.75) is 89.6 Å². The van der Waals surface area contributed by atoms with Gasteiger partial charge in [-0.15, -0.1) is 0 Å². The van der Waals surface area contributed by atoms with Crippen molar-refractivity contribution in [2.24, 2.45) is 29.6 Å².